The standard InChI is InChI=1S/C15H11NO4/c17-15(10-5-7-12(8-6-10)16(18)19)14-9-11-3-1-2-4-13(11)20-14/h1-9,15,17H. The number of benzene rings is 2. The second kappa shape index (κ2) is 4.79. The molecule has 1 unspecified atom stereocenters. The van der Waals surface area contributed by atoms with Crippen LogP contribution in [-0.4, -0.2) is 10.0 Å². The van der Waals surface area contributed by atoms with Gasteiger partial charge < -0.3 is 9.52 Å². The van der Waals surface area contributed by atoms with Gasteiger partial charge in [0, 0.05) is 17.5 Å². The van der Waals surface area contributed by atoms with Crippen LogP contribution in [-0.2, 0) is 0 Å². The molecule has 0 amide bonds. The Labute approximate surface area is 114 Å². The van der Waals surface area contributed by atoms with Crippen LogP contribution in [0.1, 0.15) is 17.4 Å². The summed E-state index contributed by atoms with van der Waals surface area (Å²) >= 11 is 0. The zero-order chi connectivity index (χ0) is 14.1. The van der Waals surface area contributed by atoms with Gasteiger partial charge in [-0.25, -0.2) is 0 Å². The molecule has 0 saturated carbocycles. The van der Waals surface area contributed by atoms with Crippen molar-refractivity contribution in [3.63, 3.8) is 0 Å². The van der Waals surface area contributed by atoms with Gasteiger partial charge in [-0.15, -0.1) is 0 Å². The van der Waals surface area contributed by atoms with E-state index in [0.29, 0.717) is 16.9 Å². The Bertz CT molecular complexity index is 728. The molecule has 5 nitrogen and oxygen atoms in total. The lowest BCUT2D eigenvalue weighted by molar-refractivity contribution is -0.384. The van der Waals surface area contributed by atoms with Gasteiger partial charge in [0.15, 0.2) is 0 Å². The lowest BCUT2D eigenvalue weighted by atomic mass is 10.1. The van der Waals surface area contributed by atoms with E-state index in [-0.39, 0.29) is 5.69 Å². The summed E-state index contributed by atoms with van der Waals surface area (Å²) in [6.45, 7) is 0. The zero-order valence-electron chi connectivity index (χ0n) is 10.4. The maximum Gasteiger partial charge on any atom is 0.269 e. The second-order valence-electron chi connectivity index (χ2n) is 4.44. The monoisotopic (exact) mass is 269 g/mol. The van der Waals surface area contributed by atoms with Crippen LogP contribution in [0.5, 0.6) is 0 Å². The minimum Gasteiger partial charge on any atom is -0.458 e. The zero-order valence-corrected chi connectivity index (χ0v) is 10.4. The number of rotatable bonds is 3. The molecule has 100 valence electrons. The van der Waals surface area contributed by atoms with Crippen LogP contribution in [0.15, 0.2) is 59.0 Å². The van der Waals surface area contributed by atoms with Crippen LogP contribution in [0.4, 0.5) is 5.69 Å². The average molecular weight is 269 g/mol. The topological polar surface area (TPSA) is 76.5 Å². The third-order valence-electron chi connectivity index (χ3n) is 3.13. The van der Waals surface area contributed by atoms with Gasteiger partial charge in [0.25, 0.3) is 5.69 Å². The maximum absolute atomic E-state index is 10.6. The Morgan fingerprint density at radius 2 is 1.80 bits per heavy atom. The predicted molar refractivity (Wildman–Crippen MR) is 73.4 cm³/mol. The van der Waals surface area contributed by atoms with E-state index in [9.17, 15) is 15.2 Å². The molecular formula is C15H11NO4. The molecule has 1 N–H and O–H groups in total. The molecule has 3 aromatic rings. The van der Waals surface area contributed by atoms with Gasteiger partial charge in [-0.2, -0.15) is 0 Å². The molecule has 20 heavy (non-hydrogen) atoms. The number of furan rings is 1. The first kappa shape index (κ1) is 12.4. The molecule has 1 atom stereocenters. The Hall–Kier alpha value is -2.66. The summed E-state index contributed by atoms with van der Waals surface area (Å²) in [7, 11) is 0. The molecule has 1 heterocycles. The number of non-ortho nitro benzene ring substituents is 1. The van der Waals surface area contributed by atoms with Gasteiger partial charge in [-0.1, -0.05) is 18.2 Å². The predicted octanol–water partition coefficient (Wildman–Crippen LogP) is 3.42. The molecule has 3 rings (SSSR count). The number of aliphatic hydroxyl groups is 1. The normalized spacial score (nSPS) is 12.4. The first-order valence-corrected chi connectivity index (χ1v) is 6.06. The van der Waals surface area contributed by atoms with E-state index in [1.165, 1.54) is 24.3 Å². The highest BCUT2D eigenvalue weighted by Gasteiger charge is 2.16. The van der Waals surface area contributed by atoms with Crippen LogP contribution < -0.4 is 0 Å². The van der Waals surface area contributed by atoms with Crippen molar-refractivity contribution in [2.75, 3.05) is 0 Å². The minimum atomic E-state index is -0.941. The van der Waals surface area contributed by atoms with Crippen LogP contribution in [0, 0.1) is 10.1 Å². The van der Waals surface area contributed by atoms with E-state index in [1.54, 1.807) is 6.07 Å². The Morgan fingerprint density at radius 3 is 2.45 bits per heavy atom. The highest BCUT2D eigenvalue weighted by Crippen LogP contribution is 2.28. The number of fused-ring (bicyclic) bond motifs is 1. The third kappa shape index (κ3) is 2.15. The number of hydrogen-bond donors (Lipinski definition) is 1. The molecule has 0 radical (unpaired) electrons. The molecule has 0 fully saturated rings. The quantitative estimate of drug-likeness (QED) is 0.583. The summed E-state index contributed by atoms with van der Waals surface area (Å²) in [5.41, 5.74) is 1.24. The molecule has 0 aliphatic carbocycles. The second-order valence-corrected chi connectivity index (χ2v) is 4.44. The van der Waals surface area contributed by atoms with E-state index in [2.05, 4.69) is 0 Å². The van der Waals surface area contributed by atoms with E-state index < -0.39 is 11.0 Å². The smallest absolute Gasteiger partial charge is 0.269 e. The Morgan fingerprint density at radius 1 is 1.10 bits per heavy atom. The van der Waals surface area contributed by atoms with E-state index in [4.69, 9.17) is 4.42 Å². The summed E-state index contributed by atoms with van der Waals surface area (Å²) in [4.78, 5) is 10.1. The van der Waals surface area contributed by atoms with Crippen molar-refractivity contribution in [1.82, 2.24) is 0 Å². The molecule has 0 spiro atoms. The minimum absolute atomic E-state index is 0.00874. The first-order valence-electron chi connectivity index (χ1n) is 6.06. The van der Waals surface area contributed by atoms with Crippen molar-refractivity contribution < 1.29 is 14.4 Å². The molecular weight excluding hydrogens is 258 g/mol. The summed E-state index contributed by atoms with van der Waals surface area (Å²) < 4.78 is 5.58. The first-order chi connectivity index (χ1) is 9.65. The number of nitrogens with zero attached hydrogens (tertiary/aromatic N) is 1. The lowest BCUT2D eigenvalue weighted by Crippen LogP contribution is -1.98. The number of para-hydroxylation sites is 1. The molecule has 0 aliphatic heterocycles. The van der Waals surface area contributed by atoms with Gasteiger partial charge >= 0.3 is 0 Å². The van der Waals surface area contributed by atoms with Gasteiger partial charge in [-0.3, -0.25) is 10.1 Å². The summed E-state index contributed by atoms with van der Waals surface area (Å²) in [5, 5.41) is 21.8. The fraction of sp³-hybridized carbons (Fsp3) is 0.0667. The summed E-state index contributed by atoms with van der Waals surface area (Å²) in [6.07, 6.45) is -0.941. The van der Waals surface area contributed by atoms with Crippen molar-refractivity contribution in [3.8, 4) is 0 Å². The lowest BCUT2D eigenvalue weighted by Gasteiger charge is -2.07. The maximum atomic E-state index is 10.6. The van der Waals surface area contributed by atoms with Crippen molar-refractivity contribution in [2.45, 2.75) is 6.10 Å². The van der Waals surface area contributed by atoms with Crippen molar-refractivity contribution in [2.24, 2.45) is 0 Å². The fourth-order valence-corrected chi connectivity index (χ4v) is 2.08. The summed E-state index contributed by atoms with van der Waals surface area (Å²) in [6, 6.07) is 15.0. The molecule has 0 aliphatic rings. The van der Waals surface area contributed by atoms with E-state index >= 15 is 0 Å². The largest absolute Gasteiger partial charge is 0.458 e. The number of nitro benzene ring substituents is 1. The van der Waals surface area contributed by atoms with Crippen molar-refractivity contribution in [3.05, 3.63) is 76.0 Å². The molecule has 0 saturated heterocycles. The van der Waals surface area contributed by atoms with Crippen molar-refractivity contribution in [1.29, 1.82) is 0 Å². The van der Waals surface area contributed by atoms with Crippen LogP contribution in [0.25, 0.3) is 11.0 Å². The highest BCUT2D eigenvalue weighted by molar-refractivity contribution is 5.77. The van der Waals surface area contributed by atoms with Crippen LogP contribution in [0.3, 0.4) is 0 Å². The Balaban J connectivity index is 1.94. The van der Waals surface area contributed by atoms with E-state index in [0.717, 1.165) is 5.39 Å². The fourth-order valence-electron chi connectivity index (χ4n) is 2.08. The Kier molecular flexibility index (Phi) is 2.96. The van der Waals surface area contributed by atoms with Gasteiger partial charge in [0.2, 0.25) is 0 Å². The molecule has 5 heteroatoms. The van der Waals surface area contributed by atoms with Crippen molar-refractivity contribution >= 4 is 16.7 Å². The number of nitro groups is 1. The molecule has 1 aromatic heterocycles. The summed E-state index contributed by atoms with van der Waals surface area (Å²) in [5.74, 6) is 0.417. The van der Waals surface area contributed by atoms with E-state index in [1.807, 2.05) is 24.3 Å². The number of hydrogen-bond acceptors (Lipinski definition) is 4. The molecule has 2 aromatic carbocycles. The molecule has 0 bridgehead atoms. The SMILES string of the molecule is O=[N+]([O-])c1ccc(C(O)c2cc3ccccc3o2)cc1. The average Bonchev–Trinajstić information content (AvgIpc) is 2.90. The van der Waals surface area contributed by atoms with Gasteiger partial charge in [-0.05, 0) is 29.8 Å². The highest BCUT2D eigenvalue weighted by atomic mass is 16.6. The van der Waals surface area contributed by atoms with Crippen LogP contribution in [0.2, 0.25) is 0 Å². The van der Waals surface area contributed by atoms with Gasteiger partial charge in [0.1, 0.15) is 17.4 Å². The van der Waals surface area contributed by atoms with Crippen LogP contribution >= 0.6 is 0 Å². The van der Waals surface area contributed by atoms with Gasteiger partial charge in [0.05, 0.1) is 4.92 Å². The number of aliphatic hydroxyl groups excluding tert-OH is 1. The third-order valence-corrected chi connectivity index (χ3v) is 3.13.